The number of nitrogens with one attached hydrogen (secondary N) is 1. The zero-order valence-corrected chi connectivity index (χ0v) is 23.0. The van der Waals surface area contributed by atoms with E-state index in [4.69, 9.17) is 23.7 Å². The van der Waals surface area contributed by atoms with Crippen molar-refractivity contribution in [1.82, 2.24) is 10.3 Å². The normalized spacial score (nSPS) is 23.1. The molecular weight excluding hydrogens is 520 g/mol. The molecule has 1 aromatic carbocycles. The fourth-order valence-corrected chi connectivity index (χ4v) is 4.48. The lowest BCUT2D eigenvalue weighted by molar-refractivity contribution is -0.172. The minimum atomic E-state index is -1.20. The van der Waals surface area contributed by atoms with Gasteiger partial charge in [-0.2, -0.15) is 0 Å². The minimum Gasteiger partial charge on any atom is -0.493 e. The first-order chi connectivity index (χ1) is 19.2. The summed E-state index contributed by atoms with van der Waals surface area (Å²) in [7, 11) is 1.36. The zero-order valence-electron chi connectivity index (χ0n) is 23.0. The molecule has 11 nitrogen and oxygen atoms in total. The molecule has 0 bridgehead atoms. The number of cyclic esters (lactones) is 1. The number of esters is 3. The summed E-state index contributed by atoms with van der Waals surface area (Å²) in [5.74, 6) is -3.04. The quantitative estimate of drug-likeness (QED) is 0.484. The largest absolute Gasteiger partial charge is 0.493 e. The molecule has 2 fully saturated rings. The summed E-state index contributed by atoms with van der Waals surface area (Å²) < 4.78 is 27.9. The molecule has 2 aromatic rings. The molecule has 1 aromatic heterocycles. The topological polar surface area (TPSA) is 139 Å². The summed E-state index contributed by atoms with van der Waals surface area (Å²) in [6.07, 6.45) is 1.85. The van der Waals surface area contributed by atoms with Gasteiger partial charge in [-0.25, -0.2) is 9.78 Å². The molecule has 4 unspecified atom stereocenters. The van der Waals surface area contributed by atoms with Crippen molar-refractivity contribution in [1.29, 1.82) is 0 Å². The van der Waals surface area contributed by atoms with Crippen LogP contribution < -0.4 is 14.8 Å². The summed E-state index contributed by atoms with van der Waals surface area (Å²) in [6.45, 7) is 4.80. The molecule has 1 aliphatic heterocycles. The number of ether oxygens (including phenoxy) is 5. The Morgan fingerprint density at radius 3 is 2.48 bits per heavy atom. The van der Waals surface area contributed by atoms with E-state index < -0.39 is 36.1 Å². The molecule has 4 atom stereocenters. The third-order valence-electron chi connectivity index (χ3n) is 6.77. The van der Waals surface area contributed by atoms with Gasteiger partial charge in [-0.3, -0.25) is 14.4 Å². The fraction of sp³-hybridized carbons (Fsp3) is 0.483. The van der Waals surface area contributed by atoms with Gasteiger partial charge in [-0.15, -0.1) is 0 Å². The Labute approximate surface area is 232 Å². The second-order valence-electron chi connectivity index (χ2n) is 10.1. The highest BCUT2D eigenvalue weighted by Crippen LogP contribution is 2.33. The summed E-state index contributed by atoms with van der Waals surface area (Å²) in [6, 6.07) is 8.24. The predicted octanol–water partition coefficient (Wildman–Crippen LogP) is 2.56. The number of rotatable bonds is 8. The number of hydrogen-bond acceptors (Lipinski definition) is 10. The smallest absolute Gasteiger partial charge is 0.331 e. The zero-order chi connectivity index (χ0) is 28.8. The average Bonchev–Trinajstić information content (AvgIpc) is 3.76. The molecule has 1 saturated heterocycles. The number of benzene rings is 1. The molecule has 0 radical (unpaired) electrons. The minimum absolute atomic E-state index is 0.122. The van der Waals surface area contributed by atoms with E-state index in [1.165, 1.54) is 26.3 Å². The highest BCUT2D eigenvalue weighted by atomic mass is 16.6. The van der Waals surface area contributed by atoms with Crippen molar-refractivity contribution >= 4 is 23.8 Å². The van der Waals surface area contributed by atoms with Crippen molar-refractivity contribution < 1.29 is 42.9 Å². The Morgan fingerprint density at radius 1 is 1.10 bits per heavy atom. The number of amides is 1. The van der Waals surface area contributed by atoms with Crippen molar-refractivity contribution in [3.8, 4) is 11.5 Å². The lowest BCUT2D eigenvalue weighted by atomic mass is 9.91. The number of carbonyl (C=O) groups excluding carboxylic acids is 4. The van der Waals surface area contributed by atoms with Crippen LogP contribution in [0.3, 0.4) is 0 Å². The van der Waals surface area contributed by atoms with Crippen LogP contribution in [0.15, 0.2) is 36.5 Å². The number of aryl methyl sites for hydroxylation is 1. The van der Waals surface area contributed by atoms with Gasteiger partial charge in [0.05, 0.1) is 26.2 Å². The molecule has 1 N–H and O–H groups in total. The van der Waals surface area contributed by atoms with Crippen LogP contribution in [-0.4, -0.2) is 67.4 Å². The van der Waals surface area contributed by atoms with E-state index in [0.29, 0.717) is 6.42 Å². The van der Waals surface area contributed by atoms with E-state index in [1.54, 1.807) is 6.92 Å². The predicted molar refractivity (Wildman–Crippen MR) is 141 cm³/mol. The van der Waals surface area contributed by atoms with Crippen LogP contribution in [0, 0.1) is 18.8 Å². The molecule has 2 heterocycles. The monoisotopic (exact) mass is 554 g/mol. The van der Waals surface area contributed by atoms with Gasteiger partial charge in [0.15, 0.2) is 17.5 Å². The molecule has 1 amide bonds. The van der Waals surface area contributed by atoms with Crippen molar-refractivity contribution in [3.63, 3.8) is 0 Å². The second kappa shape index (κ2) is 12.9. The lowest BCUT2D eigenvalue weighted by Gasteiger charge is -2.30. The molecular formula is C29H34N2O9. The van der Waals surface area contributed by atoms with Crippen LogP contribution in [-0.2, 0) is 35.0 Å². The first-order valence-electron chi connectivity index (χ1n) is 13.2. The average molecular weight is 555 g/mol. The van der Waals surface area contributed by atoms with Crippen LogP contribution >= 0.6 is 0 Å². The molecule has 4 rings (SSSR count). The Bertz CT molecular complexity index is 1240. The molecule has 2 aliphatic rings. The van der Waals surface area contributed by atoms with Crippen LogP contribution in [0.1, 0.15) is 48.3 Å². The lowest BCUT2D eigenvalue weighted by Crippen LogP contribution is -2.47. The van der Waals surface area contributed by atoms with Crippen molar-refractivity contribution in [2.75, 3.05) is 20.3 Å². The number of carbonyl (C=O) groups is 4. The van der Waals surface area contributed by atoms with Crippen LogP contribution in [0.5, 0.6) is 11.5 Å². The number of methoxy groups -OCH3 is 1. The maximum atomic E-state index is 13.2. The molecule has 214 valence electrons. The Hall–Kier alpha value is -3.99. The molecule has 1 saturated carbocycles. The van der Waals surface area contributed by atoms with Gasteiger partial charge in [0, 0.05) is 25.1 Å². The Morgan fingerprint density at radius 2 is 1.82 bits per heavy atom. The van der Waals surface area contributed by atoms with E-state index in [9.17, 15) is 19.2 Å². The highest BCUT2D eigenvalue weighted by Gasteiger charge is 2.40. The fourth-order valence-electron chi connectivity index (χ4n) is 4.48. The van der Waals surface area contributed by atoms with Gasteiger partial charge in [0.25, 0.3) is 5.91 Å². The standard InChI is InChI=1S/C29H34N2O9/c1-16-5-7-19(8-6-16)13-21-14-37-15-22(29(35)38-17(2)25(21)40-28(34)20-9-10-20)31-27(33)24-26(39-18(3)32)23(36-4)11-12-30-24/h5-8,11-12,17,20-22,25H,9-10,13-15H2,1-4H3,(H,31,33). The number of aromatic nitrogens is 1. The molecule has 0 spiro atoms. The molecule has 40 heavy (non-hydrogen) atoms. The maximum Gasteiger partial charge on any atom is 0.331 e. The number of pyridine rings is 1. The van der Waals surface area contributed by atoms with E-state index in [-0.39, 0.29) is 48.2 Å². The summed E-state index contributed by atoms with van der Waals surface area (Å²) in [5.41, 5.74) is 1.90. The third kappa shape index (κ3) is 7.35. The van der Waals surface area contributed by atoms with E-state index >= 15 is 0 Å². The van der Waals surface area contributed by atoms with Gasteiger partial charge >= 0.3 is 17.9 Å². The maximum absolute atomic E-state index is 13.2. The van der Waals surface area contributed by atoms with E-state index in [1.807, 2.05) is 31.2 Å². The van der Waals surface area contributed by atoms with Gasteiger partial charge < -0.3 is 29.0 Å². The Balaban J connectivity index is 1.54. The summed E-state index contributed by atoms with van der Waals surface area (Å²) in [5, 5.41) is 2.57. The second-order valence-corrected chi connectivity index (χ2v) is 10.1. The molecule has 1 aliphatic carbocycles. The van der Waals surface area contributed by atoms with Crippen LogP contribution in [0.25, 0.3) is 0 Å². The van der Waals surface area contributed by atoms with E-state index in [2.05, 4.69) is 10.3 Å². The van der Waals surface area contributed by atoms with Gasteiger partial charge in [-0.05, 0) is 38.7 Å². The van der Waals surface area contributed by atoms with Crippen molar-refractivity contribution in [3.05, 3.63) is 53.3 Å². The number of nitrogens with zero attached hydrogens (tertiary/aromatic N) is 1. The third-order valence-corrected chi connectivity index (χ3v) is 6.77. The Kier molecular flexibility index (Phi) is 9.36. The number of hydrogen-bond donors (Lipinski definition) is 1. The van der Waals surface area contributed by atoms with Gasteiger partial charge in [-0.1, -0.05) is 29.8 Å². The van der Waals surface area contributed by atoms with Crippen molar-refractivity contribution in [2.45, 2.75) is 58.3 Å². The van der Waals surface area contributed by atoms with Crippen LogP contribution in [0.4, 0.5) is 0 Å². The van der Waals surface area contributed by atoms with Crippen LogP contribution in [0.2, 0.25) is 0 Å². The van der Waals surface area contributed by atoms with Gasteiger partial charge in [0.1, 0.15) is 12.2 Å². The summed E-state index contributed by atoms with van der Waals surface area (Å²) in [4.78, 5) is 54.6. The highest BCUT2D eigenvalue weighted by molar-refractivity contribution is 5.98. The van der Waals surface area contributed by atoms with Crippen molar-refractivity contribution in [2.24, 2.45) is 11.8 Å². The SMILES string of the molecule is COc1ccnc(C(=O)NC2COCC(Cc3ccc(C)cc3)C(OC(=O)C3CC3)C(C)OC2=O)c1OC(C)=O. The summed E-state index contributed by atoms with van der Waals surface area (Å²) >= 11 is 0. The first-order valence-corrected chi connectivity index (χ1v) is 13.2. The first kappa shape index (κ1) is 29.0. The molecule has 11 heteroatoms. The van der Waals surface area contributed by atoms with E-state index in [0.717, 1.165) is 24.0 Å². The van der Waals surface area contributed by atoms with Gasteiger partial charge in [0.2, 0.25) is 5.75 Å².